The molecule has 0 saturated heterocycles. The van der Waals surface area contributed by atoms with Gasteiger partial charge in [-0.25, -0.2) is 9.97 Å². The molecule has 4 aromatic rings. The second-order valence-electron chi connectivity index (χ2n) is 5.85. The third kappa shape index (κ3) is 3.30. The van der Waals surface area contributed by atoms with Gasteiger partial charge in [0.2, 0.25) is 0 Å². The Morgan fingerprint density at radius 1 is 0.880 bits per heavy atom. The first-order chi connectivity index (χ1) is 12.3. The summed E-state index contributed by atoms with van der Waals surface area (Å²) in [5.74, 6) is 1.32. The lowest BCUT2D eigenvalue weighted by molar-refractivity contribution is 0.306. The van der Waals surface area contributed by atoms with Crippen LogP contribution in [0, 0.1) is 0 Å². The number of benzene rings is 2. The van der Waals surface area contributed by atoms with Crippen LogP contribution in [0.2, 0.25) is 0 Å². The average Bonchev–Trinajstić information content (AvgIpc) is 3.06. The number of nitrogen functional groups attached to an aromatic ring is 1. The van der Waals surface area contributed by atoms with Crippen LogP contribution in [0.5, 0.6) is 5.75 Å². The zero-order valence-electron chi connectivity index (χ0n) is 13.7. The number of nitrogens with two attached hydrogens (primary N) is 1. The lowest BCUT2D eigenvalue weighted by Gasteiger charge is -2.08. The number of hydrogen-bond acceptors (Lipinski definition) is 4. The Morgan fingerprint density at radius 3 is 2.48 bits per heavy atom. The predicted octanol–water partition coefficient (Wildman–Crippen LogP) is 3.64. The van der Waals surface area contributed by atoms with Gasteiger partial charge in [-0.3, -0.25) is 0 Å². The molecule has 0 amide bonds. The van der Waals surface area contributed by atoms with Crippen molar-refractivity contribution in [2.24, 2.45) is 0 Å². The van der Waals surface area contributed by atoms with Crippen molar-refractivity contribution >= 4 is 16.9 Å². The third-order valence-electron chi connectivity index (χ3n) is 4.09. The van der Waals surface area contributed by atoms with Gasteiger partial charge < -0.3 is 15.0 Å². The molecule has 0 fully saturated rings. The van der Waals surface area contributed by atoms with Crippen molar-refractivity contribution < 1.29 is 4.74 Å². The van der Waals surface area contributed by atoms with Gasteiger partial charge >= 0.3 is 0 Å². The van der Waals surface area contributed by atoms with Gasteiger partial charge in [0.1, 0.15) is 17.9 Å². The maximum Gasteiger partial charge on any atom is 0.151 e. The molecule has 2 N–H and O–H groups in total. The summed E-state index contributed by atoms with van der Waals surface area (Å²) in [5, 5.41) is 0. The predicted molar refractivity (Wildman–Crippen MR) is 98.3 cm³/mol. The Hall–Kier alpha value is -3.34. The number of ether oxygens (including phenoxy) is 1. The maximum atomic E-state index is 5.86. The minimum Gasteiger partial charge on any atom is -0.489 e. The van der Waals surface area contributed by atoms with E-state index in [0.717, 1.165) is 28.9 Å². The van der Waals surface area contributed by atoms with Crippen LogP contribution in [-0.2, 0) is 13.2 Å². The molecule has 0 aliphatic carbocycles. The number of aromatic nitrogens is 3. The SMILES string of the molecule is Nc1nccc2c1ncn2Cc1ccc(OCc2ccccc2)cc1. The summed E-state index contributed by atoms with van der Waals surface area (Å²) < 4.78 is 7.89. The Balaban J connectivity index is 1.46. The molecule has 0 unspecified atom stereocenters. The van der Waals surface area contributed by atoms with Crippen molar-refractivity contribution in [2.75, 3.05) is 5.73 Å². The normalized spacial score (nSPS) is 10.9. The van der Waals surface area contributed by atoms with Crippen LogP contribution in [0.1, 0.15) is 11.1 Å². The van der Waals surface area contributed by atoms with Crippen LogP contribution in [0.3, 0.4) is 0 Å². The first-order valence-electron chi connectivity index (χ1n) is 8.10. The molecule has 5 heteroatoms. The maximum absolute atomic E-state index is 5.86. The minimum atomic E-state index is 0.459. The molecule has 0 spiro atoms. The second-order valence-corrected chi connectivity index (χ2v) is 5.85. The van der Waals surface area contributed by atoms with Crippen molar-refractivity contribution in [2.45, 2.75) is 13.2 Å². The molecule has 0 bridgehead atoms. The molecule has 0 aliphatic rings. The van der Waals surface area contributed by atoms with Gasteiger partial charge in [-0.15, -0.1) is 0 Å². The second kappa shape index (κ2) is 6.65. The summed E-state index contributed by atoms with van der Waals surface area (Å²) in [6, 6.07) is 20.2. The molecule has 0 atom stereocenters. The van der Waals surface area contributed by atoms with E-state index < -0.39 is 0 Å². The van der Waals surface area contributed by atoms with E-state index in [1.54, 1.807) is 12.5 Å². The van der Waals surface area contributed by atoms with E-state index in [2.05, 4.69) is 38.8 Å². The molecule has 25 heavy (non-hydrogen) atoms. The summed E-state index contributed by atoms with van der Waals surface area (Å²) in [6.07, 6.45) is 3.50. The lowest BCUT2D eigenvalue weighted by Crippen LogP contribution is -1.99. The highest BCUT2D eigenvalue weighted by Crippen LogP contribution is 2.19. The quantitative estimate of drug-likeness (QED) is 0.607. The van der Waals surface area contributed by atoms with E-state index in [1.165, 1.54) is 5.56 Å². The van der Waals surface area contributed by atoms with Gasteiger partial charge in [-0.05, 0) is 29.3 Å². The molecule has 0 radical (unpaired) electrons. The topological polar surface area (TPSA) is 66.0 Å². The first-order valence-corrected chi connectivity index (χ1v) is 8.10. The van der Waals surface area contributed by atoms with Gasteiger partial charge in [0.25, 0.3) is 0 Å². The van der Waals surface area contributed by atoms with E-state index in [0.29, 0.717) is 12.4 Å². The first kappa shape index (κ1) is 15.2. The fourth-order valence-corrected chi connectivity index (χ4v) is 2.77. The van der Waals surface area contributed by atoms with E-state index in [-0.39, 0.29) is 0 Å². The van der Waals surface area contributed by atoms with E-state index >= 15 is 0 Å². The number of rotatable bonds is 5. The number of imidazole rings is 1. The van der Waals surface area contributed by atoms with Crippen molar-refractivity contribution in [3.05, 3.63) is 84.3 Å². The summed E-state index contributed by atoms with van der Waals surface area (Å²) in [7, 11) is 0. The third-order valence-corrected chi connectivity index (χ3v) is 4.09. The monoisotopic (exact) mass is 330 g/mol. The van der Waals surface area contributed by atoms with Gasteiger partial charge in [0.05, 0.1) is 11.8 Å². The largest absolute Gasteiger partial charge is 0.489 e. The van der Waals surface area contributed by atoms with Crippen molar-refractivity contribution in [3.63, 3.8) is 0 Å². The fraction of sp³-hybridized carbons (Fsp3) is 0.100. The Morgan fingerprint density at radius 2 is 1.68 bits per heavy atom. The standard InChI is InChI=1S/C20H18N4O/c21-20-19-18(10-11-22-20)24(14-23-19)12-15-6-8-17(9-7-15)25-13-16-4-2-1-3-5-16/h1-11,14H,12-13H2,(H2,21,22). The van der Waals surface area contributed by atoms with E-state index in [4.69, 9.17) is 10.5 Å². The molecule has 0 saturated carbocycles. The van der Waals surface area contributed by atoms with Crippen LogP contribution in [-0.4, -0.2) is 14.5 Å². The molecule has 2 heterocycles. The zero-order valence-corrected chi connectivity index (χ0v) is 13.7. The van der Waals surface area contributed by atoms with Crippen molar-refractivity contribution in [1.82, 2.24) is 14.5 Å². The van der Waals surface area contributed by atoms with Crippen molar-refractivity contribution in [3.8, 4) is 5.75 Å². The fourth-order valence-electron chi connectivity index (χ4n) is 2.77. The summed E-state index contributed by atoms with van der Waals surface area (Å²) in [4.78, 5) is 8.42. The van der Waals surface area contributed by atoms with Crippen molar-refractivity contribution in [1.29, 1.82) is 0 Å². The highest BCUT2D eigenvalue weighted by atomic mass is 16.5. The molecular weight excluding hydrogens is 312 g/mol. The average molecular weight is 330 g/mol. The van der Waals surface area contributed by atoms with E-state index in [1.807, 2.05) is 36.4 Å². The number of pyridine rings is 1. The van der Waals surface area contributed by atoms with E-state index in [9.17, 15) is 0 Å². The van der Waals surface area contributed by atoms with Gasteiger partial charge in [0.15, 0.2) is 5.82 Å². The number of hydrogen-bond donors (Lipinski definition) is 1. The van der Waals surface area contributed by atoms with Crippen LogP contribution < -0.4 is 10.5 Å². The lowest BCUT2D eigenvalue weighted by atomic mass is 10.2. The summed E-state index contributed by atoms with van der Waals surface area (Å²) in [6.45, 7) is 1.29. The Kier molecular flexibility index (Phi) is 4.04. The number of anilines is 1. The van der Waals surface area contributed by atoms with Crippen LogP contribution >= 0.6 is 0 Å². The van der Waals surface area contributed by atoms with Crippen LogP contribution in [0.25, 0.3) is 11.0 Å². The molecule has 4 rings (SSSR count). The highest BCUT2D eigenvalue weighted by Gasteiger charge is 2.06. The Labute approximate surface area is 145 Å². The van der Waals surface area contributed by atoms with Gasteiger partial charge in [-0.1, -0.05) is 42.5 Å². The van der Waals surface area contributed by atoms with Gasteiger partial charge in [0, 0.05) is 12.7 Å². The summed E-state index contributed by atoms with van der Waals surface area (Å²) in [5.41, 5.74) is 9.91. The number of fused-ring (bicyclic) bond motifs is 1. The van der Waals surface area contributed by atoms with Crippen LogP contribution in [0.15, 0.2) is 73.2 Å². The molecule has 2 aromatic carbocycles. The molecule has 2 aromatic heterocycles. The Bertz CT molecular complexity index is 978. The minimum absolute atomic E-state index is 0.459. The number of nitrogens with zero attached hydrogens (tertiary/aromatic N) is 3. The molecule has 0 aliphatic heterocycles. The zero-order chi connectivity index (χ0) is 17.1. The smallest absolute Gasteiger partial charge is 0.151 e. The molecule has 124 valence electrons. The van der Waals surface area contributed by atoms with Gasteiger partial charge in [-0.2, -0.15) is 0 Å². The molecular formula is C20H18N4O. The molecule has 5 nitrogen and oxygen atoms in total. The summed E-state index contributed by atoms with van der Waals surface area (Å²) >= 11 is 0. The highest BCUT2D eigenvalue weighted by molar-refractivity contribution is 5.84. The van der Waals surface area contributed by atoms with Crippen LogP contribution in [0.4, 0.5) is 5.82 Å².